The number of anilines is 1. The minimum absolute atomic E-state index is 0.0805. The molecule has 32 heavy (non-hydrogen) atoms. The molecular weight excluding hydrogens is 426 g/mol. The van der Waals surface area contributed by atoms with Gasteiger partial charge in [-0.1, -0.05) is 61.0 Å². The summed E-state index contributed by atoms with van der Waals surface area (Å²) in [7, 11) is 0. The molecule has 0 saturated heterocycles. The number of hydrogen-bond acceptors (Lipinski definition) is 4. The largest absolute Gasteiger partial charge is 0.485 e. The van der Waals surface area contributed by atoms with Crippen molar-refractivity contribution in [1.29, 1.82) is 0 Å². The number of amides is 1. The van der Waals surface area contributed by atoms with Crippen LogP contribution >= 0.6 is 11.6 Å². The van der Waals surface area contributed by atoms with Gasteiger partial charge in [-0.15, -0.1) is 0 Å². The van der Waals surface area contributed by atoms with Gasteiger partial charge in [0.25, 0.3) is 5.56 Å². The van der Waals surface area contributed by atoms with Gasteiger partial charge in [0.2, 0.25) is 5.91 Å². The van der Waals surface area contributed by atoms with Crippen LogP contribution in [0.3, 0.4) is 0 Å². The van der Waals surface area contributed by atoms with Crippen molar-refractivity contribution in [2.75, 3.05) is 5.32 Å². The molecule has 0 bridgehead atoms. The lowest BCUT2D eigenvalue weighted by atomic mass is 9.95. The van der Waals surface area contributed by atoms with Crippen molar-refractivity contribution >= 4 is 28.8 Å². The molecule has 1 amide bonds. The molecule has 0 unspecified atom stereocenters. The molecule has 1 N–H and O–H groups in total. The number of nitrogens with zero attached hydrogens (tertiary/aromatic N) is 2. The normalized spacial score (nSPS) is 11.8. The van der Waals surface area contributed by atoms with Crippen LogP contribution in [0.4, 0.5) is 5.69 Å². The predicted octanol–water partition coefficient (Wildman–Crippen LogP) is 5.06. The highest BCUT2D eigenvalue weighted by Gasteiger charge is 2.19. The number of aromatic nitrogens is 2. The smallest absolute Gasteiger partial charge is 0.258 e. The first-order valence-electron chi connectivity index (χ1n) is 10.3. The molecule has 0 aliphatic carbocycles. The maximum atomic E-state index is 13.0. The van der Waals surface area contributed by atoms with E-state index in [2.05, 4.69) is 10.3 Å². The molecule has 162 valence electrons. The third-order valence-corrected chi connectivity index (χ3v) is 5.35. The maximum absolute atomic E-state index is 13.0. The number of nitrogens with one attached hydrogen (secondary N) is 1. The summed E-state index contributed by atoms with van der Waals surface area (Å²) < 4.78 is 7.30. The summed E-state index contributed by atoms with van der Waals surface area (Å²) in [6.07, 6.45) is 2.20. The Kier molecular flexibility index (Phi) is 6.52. The van der Waals surface area contributed by atoms with Crippen LogP contribution in [0.5, 0.6) is 5.75 Å². The van der Waals surface area contributed by atoms with E-state index in [0.29, 0.717) is 34.2 Å². The number of fused-ring (bicyclic) bond motifs is 1. The number of benzene rings is 2. The monoisotopic (exact) mass is 447 g/mol. The van der Waals surface area contributed by atoms with Crippen molar-refractivity contribution in [3.63, 3.8) is 0 Å². The lowest BCUT2D eigenvalue weighted by Gasteiger charge is -2.17. The Bertz CT molecular complexity index is 1300. The highest BCUT2D eigenvalue weighted by molar-refractivity contribution is 6.30. The van der Waals surface area contributed by atoms with E-state index in [1.54, 1.807) is 24.3 Å². The highest BCUT2D eigenvalue weighted by Crippen LogP contribution is 2.27. The Hall–Kier alpha value is -3.64. The number of rotatable bonds is 7. The van der Waals surface area contributed by atoms with Crippen LogP contribution in [0.25, 0.3) is 5.65 Å². The Balaban J connectivity index is 1.52. The third-order valence-electron chi connectivity index (χ3n) is 5.12. The number of pyridine rings is 1. The molecule has 0 saturated carbocycles. The quantitative estimate of drug-likeness (QED) is 0.430. The van der Waals surface area contributed by atoms with Crippen molar-refractivity contribution in [2.24, 2.45) is 0 Å². The van der Waals surface area contributed by atoms with E-state index < -0.39 is 0 Å². The summed E-state index contributed by atoms with van der Waals surface area (Å²) in [5, 5.41) is 3.43. The average molecular weight is 448 g/mol. The van der Waals surface area contributed by atoms with Crippen LogP contribution in [-0.2, 0) is 11.4 Å². The Morgan fingerprint density at radius 2 is 1.84 bits per heavy atom. The second-order valence-corrected chi connectivity index (χ2v) is 7.74. The van der Waals surface area contributed by atoms with Crippen LogP contribution in [0, 0.1) is 0 Å². The van der Waals surface area contributed by atoms with Crippen LogP contribution in [0.2, 0.25) is 5.02 Å². The highest BCUT2D eigenvalue weighted by atomic mass is 35.5. The van der Waals surface area contributed by atoms with E-state index in [4.69, 9.17) is 16.3 Å². The first-order chi connectivity index (χ1) is 15.5. The number of halogens is 1. The first-order valence-corrected chi connectivity index (χ1v) is 10.7. The van der Waals surface area contributed by atoms with Gasteiger partial charge in [0.15, 0.2) is 0 Å². The molecule has 1 atom stereocenters. The van der Waals surface area contributed by atoms with Gasteiger partial charge in [-0.3, -0.25) is 14.0 Å². The van der Waals surface area contributed by atoms with E-state index in [1.165, 1.54) is 16.7 Å². The molecule has 0 aliphatic rings. The number of hydrogen-bond donors (Lipinski definition) is 1. The number of ether oxygens (including phenoxy) is 1. The van der Waals surface area contributed by atoms with E-state index >= 15 is 0 Å². The molecule has 0 spiro atoms. The standard InChI is InChI=1S/C25H22ClN3O3/c1-2-20(17-8-4-3-5-9-17)25(31)28-21-10-6-7-11-22(21)32-16-19-14-24(30)29-15-18(26)12-13-23(29)27-19/h3-15,20H,2,16H2,1H3,(H,28,31)/t20-/m0/s1. The van der Waals surface area contributed by atoms with Crippen molar-refractivity contribution in [1.82, 2.24) is 9.38 Å². The first kappa shape index (κ1) is 21.6. The molecule has 0 radical (unpaired) electrons. The van der Waals surface area contributed by atoms with Gasteiger partial charge in [0.1, 0.15) is 18.0 Å². The molecule has 4 aromatic rings. The molecular formula is C25H22ClN3O3. The van der Waals surface area contributed by atoms with Gasteiger partial charge in [-0.2, -0.15) is 0 Å². The molecule has 4 rings (SSSR count). The second kappa shape index (κ2) is 9.66. The molecule has 2 aromatic heterocycles. The van der Waals surface area contributed by atoms with Crippen LogP contribution in [-0.4, -0.2) is 15.3 Å². The fraction of sp³-hybridized carbons (Fsp3) is 0.160. The van der Waals surface area contributed by atoms with Gasteiger partial charge >= 0.3 is 0 Å². The zero-order valence-electron chi connectivity index (χ0n) is 17.5. The predicted molar refractivity (Wildman–Crippen MR) is 125 cm³/mol. The third kappa shape index (κ3) is 4.81. The summed E-state index contributed by atoms with van der Waals surface area (Å²) in [6.45, 7) is 2.06. The fourth-order valence-electron chi connectivity index (χ4n) is 3.53. The van der Waals surface area contributed by atoms with Crippen molar-refractivity contribution < 1.29 is 9.53 Å². The van der Waals surface area contributed by atoms with Crippen molar-refractivity contribution in [2.45, 2.75) is 25.9 Å². The lowest BCUT2D eigenvalue weighted by molar-refractivity contribution is -0.117. The molecule has 6 nitrogen and oxygen atoms in total. The fourth-order valence-corrected chi connectivity index (χ4v) is 3.69. The van der Waals surface area contributed by atoms with E-state index in [9.17, 15) is 9.59 Å². The van der Waals surface area contributed by atoms with E-state index in [0.717, 1.165) is 5.56 Å². The molecule has 7 heteroatoms. The van der Waals surface area contributed by atoms with Gasteiger partial charge in [-0.05, 0) is 36.2 Å². The lowest BCUT2D eigenvalue weighted by Crippen LogP contribution is -2.21. The molecule has 0 fully saturated rings. The molecule has 0 aliphatic heterocycles. The van der Waals surface area contributed by atoms with E-state index in [-0.39, 0.29) is 24.0 Å². The van der Waals surface area contributed by atoms with Gasteiger partial charge in [0, 0.05) is 12.3 Å². The number of para-hydroxylation sites is 2. The summed E-state index contributed by atoms with van der Waals surface area (Å²) in [5.41, 5.74) is 2.25. The zero-order valence-corrected chi connectivity index (χ0v) is 18.3. The summed E-state index contributed by atoms with van der Waals surface area (Å²) in [6, 6.07) is 21.7. The SMILES string of the molecule is CC[C@H](C(=O)Nc1ccccc1OCc1cc(=O)n2cc(Cl)ccc2n1)c1ccccc1. The van der Waals surface area contributed by atoms with Crippen molar-refractivity contribution in [3.8, 4) is 5.75 Å². The minimum Gasteiger partial charge on any atom is -0.485 e. The van der Waals surface area contributed by atoms with Gasteiger partial charge in [-0.25, -0.2) is 4.98 Å². The minimum atomic E-state index is -0.265. The number of carbonyl (C=O) groups is 1. The Labute approximate surface area is 190 Å². The van der Waals surface area contributed by atoms with Crippen molar-refractivity contribution in [3.05, 3.63) is 106 Å². The van der Waals surface area contributed by atoms with Gasteiger partial charge < -0.3 is 10.1 Å². The van der Waals surface area contributed by atoms with Gasteiger partial charge in [0.05, 0.1) is 22.3 Å². The van der Waals surface area contributed by atoms with Crippen LogP contribution in [0.15, 0.2) is 83.8 Å². The second-order valence-electron chi connectivity index (χ2n) is 7.31. The zero-order chi connectivity index (χ0) is 22.5. The summed E-state index contributed by atoms with van der Waals surface area (Å²) >= 11 is 5.96. The van der Waals surface area contributed by atoms with E-state index in [1.807, 2.05) is 49.4 Å². The average Bonchev–Trinajstić information content (AvgIpc) is 2.80. The summed E-state index contributed by atoms with van der Waals surface area (Å²) in [5.74, 6) is 0.133. The number of carbonyl (C=O) groups excluding carboxylic acids is 1. The van der Waals surface area contributed by atoms with Crippen LogP contribution in [0.1, 0.15) is 30.5 Å². The molecule has 2 aromatic carbocycles. The molecule has 2 heterocycles. The summed E-state index contributed by atoms with van der Waals surface area (Å²) in [4.78, 5) is 29.8. The van der Waals surface area contributed by atoms with Crippen LogP contribution < -0.4 is 15.6 Å². The Morgan fingerprint density at radius 1 is 1.09 bits per heavy atom. The topological polar surface area (TPSA) is 72.7 Å². The Morgan fingerprint density at radius 3 is 2.62 bits per heavy atom. The maximum Gasteiger partial charge on any atom is 0.258 e.